The molecule has 0 fully saturated rings. The summed E-state index contributed by atoms with van der Waals surface area (Å²) in [6.45, 7) is 10.3. The molecule has 5 nitrogen and oxygen atoms in total. The largest absolute Gasteiger partial charge is 0.487 e. The van der Waals surface area contributed by atoms with Gasteiger partial charge >= 0.3 is 0 Å². The molecule has 0 saturated heterocycles. The Bertz CT molecular complexity index is 754. The maximum absolute atomic E-state index is 6.51. The molecule has 3 rings (SSSR count). The van der Waals surface area contributed by atoms with E-state index in [1.807, 2.05) is 18.0 Å². The normalized spacial score (nSPS) is 20.5. The van der Waals surface area contributed by atoms with E-state index in [1.54, 1.807) is 6.92 Å². The standard InChI is InChI=1S/C19H25N3O2S/c1-6-16(19(7-2)20-8-9-25-19)23-17-12(3)10-15(11-13(17)4)18-21-14(5)24-22-18/h8-11,16,20H,6-7H2,1-5H3. The third-order valence-electron chi connectivity index (χ3n) is 4.60. The Balaban J connectivity index is 1.89. The highest BCUT2D eigenvalue weighted by atomic mass is 32.2. The number of thioether (sulfide) groups is 1. The molecule has 1 aliphatic rings. The number of hydrogen-bond acceptors (Lipinski definition) is 6. The van der Waals surface area contributed by atoms with Crippen LogP contribution >= 0.6 is 11.8 Å². The van der Waals surface area contributed by atoms with Crippen molar-refractivity contribution in [2.45, 2.75) is 58.4 Å². The fraction of sp³-hybridized carbons (Fsp3) is 0.474. The van der Waals surface area contributed by atoms with E-state index in [4.69, 9.17) is 9.26 Å². The smallest absolute Gasteiger partial charge is 0.223 e. The molecular formula is C19H25N3O2S. The summed E-state index contributed by atoms with van der Waals surface area (Å²) in [5.74, 6) is 2.13. The van der Waals surface area contributed by atoms with Gasteiger partial charge in [0.25, 0.3) is 0 Å². The molecule has 1 N–H and O–H groups in total. The molecule has 0 aliphatic carbocycles. The van der Waals surface area contributed by atoms with Crippen molar-refractivity contribution in [3.63, 3.8) is 0 Å². The lowest BCUT2D eigenvalue weighted by molar-refractivity contribution is 0.135. The SMILES string of the molecule is CCC(Oc1c(C)cc(-c2noc(C)n2)cc1C)C1(CC)NC=CS1. The highest BCUT2D eigenvalue weighted by Gasteiger charge is 2.40. The number of aryl methyl sites for hydroxylation is 3. The van der Waals surface area contributed by atoms with Crippen molar-refractivity contribution in [3.8, 4) is 17.1 Å². The van der Waals surface area contributed by atoms with Crippen LogP contribution < -0.4 is 10.1 Å². The Morgan fingerprint density at radius 1 is 1.24 bits per heavy atom. The predicted molar refractivity (Wildman–Crippen MR) is 102 cm³/mol. The number of nitrogens with one attached hydrogen (secondary N) is 1. The number of nitrogens with zero attached hydrogens (tertiary/aromatic N) is 2. The molecule has 1 aromatic heterocycles. The first-order chi connectivity index (χ1) is 12.0. The second-order valence-corrected chi connectivity index (χ2v) is 7.64. The first kappa shape index (κ1) is 17.9. The van der Waals surface area contributed by atoms with Gasteiger partial charge in [-0.15, -0.1) is 11.8 Å². The zero-order valence-corrected chi connectivity index (χ0v) is 16.2. The fourth-order valence-electron chi connectivity index (χ4n) is 3.28. The maximum Gasteiger partial charge on any atom is 0.223 e. The van der Waals surface area contributed by atoms with Crippen LogP contribution in [0, 0.1) is 20.8 Å². The zero-order chi connectivity index (χ0) is 18.0. The van der Waals surface area contributed by atoms with Crippen molar-refractivity contribution >= 4 is 11.8 Å². The van der Waals surface area contributed by atoms with Crippen molar-refractivity contribution < 1.29 is 9.26 Å². The van der Waals surface area contributed by atoms with E-state index in [9.17, 15) is 0 Å². The summed E-state index contributed by atoms with van der Waals surface area (Å²) in [4.78, 5) is 4.22. The summed E-state index contributed by atoms with van der Waals surface area (Å²) in [5, 5.41) is 9.62. The van der Waals surface area contributed by atoms with Gasteiger partial charge in [0.05, 0.1) is 0 Å². The number of hydrogen-bond donors (Lipinski definition) is 1. The summed E-state index contributed by atoms with van der Waals surface area (Å²) >= 11 is 1.81. The molecule has 2 atom stereocenters. The van der Waals surface area contributed by atoms with Crippen LogP contribution in [-0.2, 0) is 0 Å². The summed E-state index contributed by atoms with van der Waals surface area (Å²) in [6, 6.07) is 4.12. The van der Waals surface area contributed by atoms with Gasteiger partial charge in [-0.05, 0) is 55.4 Å². The molecule has 1 aliphatic heterocycles. The van der Waals surface area contributed by atoms with E-state index in [1.165, 1.54) is 0 Å². The van der Waals surface area contributed by atoms with E-state index in [0.717, 1.165) is 35.3 Å². The van der Waals surface area contributed by atoms with E-state index in [0.29, 0.717) is 11.7 Å². The molecule has 1 aromatic carbocycles. The number of aromatic nitrogens is 2. The number of ether oxygens (including phenoxy) is 1. The second-order valence-electron chi connectivity index (χ2n) is 6.40. The molecule has 0 saturated carbocycles. The molecule has 2 aromatic rings. The summed E-state index contributed by atoms with van der Waals surface area (Å²) in [5.41, 5.74) is 3.11. The van der Waals surface area contributed by atoms with Gasteiger partial charge in [-0.3, -0.25) is 0 Å². The van der Waals surface area contributed by atoms with Crippen molar-refractivity contribution in [2.75, 3.05) is 0 Å². The van der Waals surface area contributed by atoms with Crippen molar-refractivity contribution in [1.29, 1.82) is 0 Å². The van der Waals surface area contributed by atoms with Gasteiger partial charge in [-0.1, -0.05) is 19.0 Å². The zero-order valence-electron chi connectivity index (χ0n) is 15.4. The highest BCUT2D eigenvalue weighted by molar-refractivity contribution is 8.03. The topological polar surface area (TPSA) is 60.2 Å². The van der Waals surface area contributed by atoms with E-state index in [-0.39, 0.29) is 11.0 Å². The molecule has 0 spiro atoms. The lowest BCUT2D eigenvalue weighted by Crippen LogP contribution is -2.49. The molecule has 2 heterocycles. The van der Waals surface area contributed by atoms with Crippen molar-refractivity contribution in [1.82, 2.24) is 15.5 Å². The quantitative estimate of drug-likeness (QED) is 0.804. The minimum absolute atomic E-state index is 0.0770. The lowest BCUT2D eigenvalue weighted by atomic mass is 10.0. The monoisotopic (exact) mass is 359 g/mol. The van der Waals surface area contributed by atoms with Crippen LogP contribution in [0.3, 0.4) is 0 Å². The summed E-state index contributed by atoms with van der Waals surface area (Å²) < 4.78 is 11.6. The van der Waals surface area contributed by atoms with Gasteiger partial charge in [-0.25, -0.2) is 0 Å². The van der Waals surface area contributed by atoms with E-state index >= 15 is 0 Å². The number of rotatable bonds is 6. The molecule has 0 amide bonds. The van der Waals surface area contributed by atoms with Gasteiger partial charge in [0.1, 0.15) is 16.7 Å². The Hall–Kier alpha value is -1.95. The third kappa shape index (κ3) is 3.40. The second kappa shape index (κ2) is 7.12. The Morgan fingerprint density at radius 2 is 1.96 bits per heavy atom. The van der Waals surface area contributed by atoms with E-state index in [2.05, 4.69) is 60.7 Å². The highest BCUT2D eigenvalue weighted by Crippen LogP contribution is 2.39. The molecule has 0 radical (unpaired) electrons. The molecule has 134 valence electrons. The van der Waals surface area contributed by atoms with Crippen LogP contribution in [0.2, 0.25) is 0 Å². The van der Waals surface area contributed by atoms with Gasteiger partial charge in [-0.2, -0.15) is 4.98 Å². The molecule has 25 heavy (non-hydrogen) atoms. The minimum Gasteiger partial charge on any atom is -0.487 e. The summed E-state index contributed by atoms with van der Waals surface area (Å²) in [6.07, 6.45) is 4.01. The van der Waals surface area contributed by atoms with Crippen LogP contribution in [0.4, 0.5) is 0 Å². The third-order valence-corrected chi connectivity index (χ3v) is 5.96. The average molecular weight is 359 g/mol. The van der Waals surface area contributed by atoms with Crippen molar-refractivity contribution in [2.24, 2.45) is 0 Å². The molecular weight excluding hydrogens is 334 g/mol. The first-order valence-corrected chi connectivity index (χ1v) is 9.56. The van der Waals surface area contributed by atoms with Gasteiger partial charge in [0.15, 0.2) is 0 Å². The van der Waals surface area contributed by atoms with Crippen LogP contribution in [-0.4, -0.2) is 21.1 Å². The van der Waals surface area contributed by atoms with Gasteiger partial charge in [0, 0.05) is 18.7 Å². The van der Waals surface area contributed by atoms with Crippen LogP contribution in [0.1, 0.15) is 43.7 Å². The summed E-state index contributed by atoms with van der Waals surface area (Å²) in [7, 11) is 0. The fourth-order valence-corrected chi connectivity index (χ4v) is 4.33. The maximum atomic E-state index is 6.51. The molecule has 0 bridgehead atoms. The van der Waals surface area contributed by atoms with Crippen LogP contribution in [0.5, 0.6) is 5.75 Å². The Morgan fingerprint density at radius 3 is 2.44 bits per heavy atom. The van der Waals surface area contributed by atoms with Gasteiger partial charge < -0.3 is 14.6 Å². The Kier molecular flexibility index (Phi) is 5.08. The minimum atomic E-state index is -0.100. The van der Waals surface area contributed by atoms with Crippen LogP contribution in [0.15, 0.2) is 28.3 Å². The average Bonchev–Trinajstić information content (AvgIpc) is 3.24. The van der Waals surface area contributed by atoms with E-state index < -0.39 is 0 Å². The lowest BCUT2D eigenvalue weighted by Gasteiger charge is -2.36. The predicted octanol–water partition coefficient (Wildman–Crippen LogP) is 4.73. The first-order valence-electron chi connectivity index (χ1n) is 8.68. The Labute approximate surface area is 153 Å². The van der Waals surface area contributed by atoms with Crippen molar-refractivity contribution in [3.05, 3.63) is 40.8 Å². The molecule has 2 unspecified atom stereocenters. The van der Waals surface area contributed by atoms with Gasteiger partial charge in [0.2, 0.25) is 11.7 Å². The molecule has 6 heteroatoms. The number of benzene rings is 1. The van der Waals surface area contributed by atoms with Crippen LogP contribution in [0.25, 0.3) is 11.4 Å².